The molecule has 0 atom stereocenters. The number of benzene rings is 2. The van der Waals surface area contributed by atoms with Gasteiger partial charge in [-0.3, -0.25) is 19.7 Å². The third kappa shape index (κ3) is 3.46. The van der Waals surface area contributed by atoms with Gasteiger partial charge in [0.1, 0.15) is 0 Å². The van der Waals surface area contributed by atoms with Gasteiger partial charge in [0.05, 0.1) is 10.3 Å². The van der Waals surface area contributed by atoms with Gasteiger partial charge in [0, 0.05) is 22.2 Å². The average Bonchev–Trinajstić information content (AvgIpc) is 3.42. The highest BCUT2D eigenvalue weighted by atomic mass is 35.5. The number of rotatable bonds is 6. The van der Waals surface area contributed by atoms with Crippen LogP contribution in [0.4, 0.5) is 5.69 Å². The maximum absolute atomic E-state index is 12.5. The molecule has 0 N–H and O–H groups in total. The lowest BCUT2D eigenvalue weighted by Gasteiger charge is -2.14. The number of carbonyl (C=O) groups is 2. The first kappa shape index (κ1) is 18.1. The summed E-state index contributed by atoms with van der Waals surface area (Å²) in [6.07, 6.45) is 1.30. The zero-order valence-electron chi connectivity index (χ0n) is 14.0. The number of halogens is 1. The van der Waals surface area contributed by atoms with E-state index in [1.165, 1.54) is 18.2 Å². The minimum absolute atomic E-state index is 0.137. The van der Waals surface area contributed by atoms with Crippen LogP contribution in [-0.2, 0) is 14.9 Å². The number of nitrogens with zero attached hydrogens (tertiary/aromatic N) is 1. The Morgan fingerprint density at radius 3 is 2.42 bits per heavy atom. The molecule has 0 amide bonds. The molecule has 0 radical (unpaired) electrons. The fourth-order valence-corrected chi connectivity index (χ4v) is 2.96. The number of ether oxygens (including phenoxy) is 1. The second-order valence-electron chi connectivity index (χ2n) is 6.35. The summed E-state index contributed by atoms with van der Waals surface area (Å²) in [6.45, 7) is 1.14. The van der Waals surface area contributed by atoms with Crippen LogP contribution in [0.2, 0.25) is 5.02 Å². The highest BCUT2D eigenvalue weighted by molar-refractivity contribution is 6.30. The van der Waals surface area contributed by atoms with E-state index in [0.717, 1.165) is 5.56 Å². The van der Waals surface area contributed by atoms with Crippen LogP contribution < -0.4 is 0 Å². The van der Waals surface area contributed by atoms with Crippen molar-refractivity contribution >= 4 is 29.0 Å². The second kappa shape index (κ2) is 6.88. The van der Waals surface area contributed by atoms with Crippen molar-refractivity contribution in [3.05, 3.63) is 74.3 Å². The summed E-state index contributed by atoms with van der Waals surface area (Å²) in [4.78, 5) is 35.1. The van der Waals surface area contributed by atoms with E-state index in [1.54, 1.807) is 31.2 Å². The number of carbonyl (C=O) groups excluding carboxylic acids is 2. The lowest BCUT2D eigenvalue weighted by molar-refractivity contribution is -0.385. The maximum Gasteiger partial charge on any atom is 0.317 e. The molecule has 0 heterocycles. The Morgan fingerprint density at radius 1 is 1.19 bits per heavy atom. The van der Waals surface area contributed by atoms with Crippen molar-refractivity contribution in [3.8, 4) is 0 Å². The van der Waals surface area contributed by atoms with E-state index in [4.69, 9.17) is 16.3 Å². The van der Waals surface area contributed by atoms with Gasteiger partial charge in [-0.15, -0.1) is 0 Å². The molecular formula is C19H16ClNO5. The number of ketones is 1. The molecule has 0 bridgehead atoms. The first-order chi connectivity index (χ1) is 12.3. The van der Waals surface area contributed by atoms with Gasteiger partial charge < -0.3 is 4.74 Å². The molecule has 6 nitrogen and oxygen atoms in total. The van der Waals surface area contributed by atoms with Crippen molar-refractivity contribution in [2.24, 2.45) is 0 Å². The normalized spacial score (nSPS) is 14.5. The molecule has 3 rings (SSSR count). The number of hydrogen-bond donors (Lipinski definition) is 0. The minimum Gasteiger partial charge on any atom is -0.457 e. The van der Waals surface area contributed by atoms with Crippen molar-refractivity contribution in [2.75, 3.05) is 6.61 Å². The molecule has 7 heteroatoms. The van der Waals surface area contributed by atoms with Crippen LogP contribution in [0.3, 0.4) is 0 Å². The van der Waals surface area contributed by atoms with Crippen molar-refractivity contribution in [1.29, 1.82) is 0 Å². The molecule has 2 aromatic rings. The Balaban J connectivity index is 1.68. The van der Waals surface area contributed by atoms with Gasteiger partial charge in [-0.25, -0.2) is 0 Å². The number of esters is 1. The number of nitro groups is 1. The predicted molar refractivity (Wildman–Crippen MR) is 95.5 cm³/mol. The van der Waals surface area contributed by atoms with Gasteiger partial charge in [-0.1, -0.05) is 35.9 Å². The summed E-state index contributed by atoms with van der Waals surface area (Å²) in [5, 5.41) is 11.6. The van der Waals surface area contributed by atoms with Crippen molar-refractivity contribution in [2.45, 2.75) is 25.2 Å². The standard InChI is InChI=1S/C19H16ClNO5/c1-12-2-3-13(10-16(12)21(24)25)17(22)11-26-18(23)19(8-9-19)14-4-6-15(20)7-5-14/h2-7,10H,8-9,11H2,1H3. The van der Waals surface area contributed by atoms with Crippen molar-refractivity contribution in [1.82, 2.24) is 0 Å². The molecule has 1 aliphatic rings. The van der Waals surface area contributed by atoms with Gasteiger partial charge in [-0.05, 0) is 37.5 Å². The topological polar surface area (TPSA) is 86.5 Å². The molecule has 2 aromatic carbocycles. The number of Topliss-reactive ketones (excluding diaryl/α,β-unsaturated/α-hetero) is 1. The van der Waals surface area contributed by atoms with Gasteiger partial charge in [0.15, 0.2) is 6.61 Å². The lowest BCUT2D eigenvalue weighted by Crippen LogP contribution is -2.25. The van der Waals surface area contributed by atoms with Crippen LogP contribution in [0.1, 0.15) is 34.3 Å². The van der Waals surface area contributed by atoms with Gasteiger partial charge >= 0.3 is 5.97 Å². The molecule has 0 aromatic heterocycles. The summed E-state index contributed by atoms with van der Waals surface area (Å²) < 4.78 is 5.21. The molecule has 0 aliphatic heterocycles. The van der Waals surface area contributed by atoms with Crippen LogP contribution in [-0.4, -0.2) is 23.3 Å². The zero-order valence-corrected chi connectivity index (χ0v) is 14.8. The lowest BCUT2D eigenvalue weighted by atomic mass is 9.96. The first-order valence-corrected chi connectivity index (χ1v) is 8.43. The van der Waals surface area contributed by atoms with Crippen LogP contribution in [0.5, 0.6) is 0 Å². The van der Waals surface area contributed by atoms with E-state index in [-0.39, 0.29) is 11.3 Å². The molecule has 0 unspecified atom stereocenters. The van der Waals surface area contributed by atoms with Crippen molar-refractivity contribution < 1.29 is 19.2 Å². The van der Waals surface area contributed by atoms with E-state index >= 15 is 0 Å². The Labute approximate surface area is 154 Å². The number of hydrogen-bond acceptors (Lipinski definition) is 5. The number of aryl methyl sites for hydroxylation is 1. The molecular weight excluding hydrogens is 358 g/mol. The molecule has 0 saturated heterocycles. The van der Waals surface area contributed by atoms with E-state index < -0.39 is 28.7 Å². The van der Waals surface area contributed by atoms with Crippen LogP contribution >= 0.6 is 11.6 Å². The van der Waals surface area contributed by atoms with E-state index in [2.05, 4.69) is 0 Å². The number of nitro benzene ring substituents is 1. The molecule has 134 valence electrons. The van der Waals surface area contributed by atoms with Crippen LogP contribution in [0.25, 0.3) is 0 Å². The Bertz CT molecular complexity index is 887. The summed E-state index contributed by atoms with van der Waals surface area (Å²) >= 11 is 5.87. The molecule has 1 aliphatic carbocycles. The third-order valence-corrected chi connectivity index (χ3v) is 4.85. The Kier molecular flexibility index (Phi) is 4.78. The molecule has 1 saturated carbocycles. The van der Waals surface area contributed by atoms with Crippen LogP contribution in [0, 0.1) is 17.0 Å². The third-order valence-electron chi connectivity index (χ3n) is 4.60. The average molecular weight is 374 g/mol. The smallest absolute Gasteiger partial charge is 0.317 e. The highest BCUT2D eigenvalue weighted by Gasteiger charge is 2.52. The second-order valence-corrected chi connectivity index (χ2v) is 6.78. The predicted octanol–water partition coefficient (Wildman–Crippen LogP) is 4.01. The fraction of sp³-hybridized carbons (Fsp3) is 0.263. The quantitative estimate of drug-likeness (QED) is 0.330. The molecule has 0 spiro atoms. The van der Waals surface area contributed by atoms with Gasteiger partial charge in [0.25, 0.3) is 5.69 Å². The SMILES string of the molecule is Cc1ccc(C(=O)COC(=O)C2(c3ccc(Cl)cc3)CC2)cc1[N+](=O)[O-]. The zero-order chi connectivity index (χ0) is 18.9. The van der Waals surface area contributed by atoms with Crippen molar-refractivity contribution in [3.63, 3.8) is 0 Å². The Hall–Kier alpha value is -2.73. The van der Waals surface area contributed by atoms with Gasteiger partial charge in [0.2, 0.25) is 5.78 Å². The summed E-state index contributed by atoms with van der Waals surface area (Å²) in [6, 6.07) is 11.2. The summed E-state index contributed by atoms with van der Waals surface area (Å²) in [5.41, 5.74) is 0.562. The molecule has 1 fully saturated rings. The summed E-state index contributed by atoms with van der Waals surface area (Å²) in [5.74, 6) is -0.942. The maximum atomic E-state index is 12.5. The van der Waals surface area contributed by atoms with Crippen LogP contribution in [0.15, 0.2) is 42.5 Å². The van der Waals surface area contributed by atoms with E-state index in [9.17, 15) is 19.7 Å². The monoisotopic (exact) mass is 373 g/mol. The van der Waals surface area contributed by atoms with Gasteiger partial charge in [-0.2, -0.15) is 0 Å². The first-order valence-electron chi connectivity index (χ1n) is 8.05. The fourth-order valence-electron chi connectivity index (χ4n) is 2.84. The minimum atomic E-state index is -0.718. The summed E-state index contributed by atoms with van der Waals surface area (Å²) in [7, 11) is 0. The highest BCUT2D eigenvalue weighted by Crippen LogP contribution is 2.49. The Morgan fingerprint density at radius 2 is 1.85 bits per heavy atom. The largest absolute Gasteiger partial charge is 0.457 e. The molecule has 26 heavy (non-hydrogen) atoms. The van der Waals surface area contributed by atoms with E-state index in [0.29, 0.717) is 23.4 Å². The van der Waals surface area contributed by atoms with E-state index in [1.807, 2.05) is 0 Å².